The topological polar surface area (TPSA) is 88.2 Å². The Balaban J connectivity index is 1.30. The van der Waals surface area contributed by atoms with E-state index in [0.29, 0.717) is 45.8 Å². The molecule has 0 radical (unpaired) electrons. The molecule has 0 amide bonds. The van der Waals surface area contributed by atoms with Gasteiger partial charge in [0.25, 0.3) is 5.56 Å². The number of pyridine rings is 2. The predicted molar refractivity (Wildman–Crippen MR) is 161 cm³/mol. The van der Waals surface area contributed by atoms with E-state index in [1.165, 1.54) is 16.8 Å². The van der Waals surface area contributed by atoms with Gasteiger partial charge in [-0.1, -0.05) is 36.4 Å². The van der Waals surface area contributed by atoms with Crippen LogP contribution in [0.15, 0.2) is 108 Å². The van der Waals surface area contributed by atoms with Crippen LogP contribution in [0.4, 0.5) is 4.39 Å². The lowest BCUT2D eigenvalue weighted by Gasteiger charge is -2.11. The molecule has 3 heterocycles. The summed E-state index contributed by atoms with van der Waals surface area (Å²) in [7, 11) is 3.32. The average molecular weight is 575 g/mol. The van der Waals surface area contributed by atoms with Crippen molar-refractivity contribution in [2.75, 3.05) is 7.11 Å². The van der Waals surface area contributed by atoms with E-state index in [1.54, 1.807) is 79.9 Å². The molecule has 0 saturated heterocycles. The van der Waals surface area contributed by atoms with Gasteiger partial charge in [0.1, 0.15) is 17.1 Å². The van der Waals surface area contributed by atoms with Crippen LogP contribution in [0.5, 0.6) is 17.2 Å². The minimum atomic E-state index is -0.632. The number of ketones is 1. The van der Waals surface area contributed by atoms with Gasteiger partial charge in [0.05, 0.1) is 24.9 Å². The molecule has 3 aromatic heterocycles. The number of carbonyl (C=O) groups excluding carboxylic acids is 1. The number of rotatable bonds is 9. The second-order valence-electron chi connectivity index (χ2n) is 9.99. The molecule has 0 bridgehead atoms. The highest BCUT2D eigenvalue weighted by atomic mass is 19.1. The lowest BCUT2D eigenvalue weighted by molar-refractivity contribution is 0.0992. The monoisotopic (exact) mass is 574 g/mol. The molecule has 0 aliphatic rings. The van der Waals surface area contributed by atoms with Crippen LogP contribution < -0.4 is 15.0 Å². The molecule has 0 aliphatic carbocycles. The van der Waals surface area contributed by atoms with Crippen molar-refractivity contribution in [3.05, 3.63) is 136 Å². The van der Waals surface area contributed by atoms with E-state index in [1.807, 2.05) is 30.3 Å². The molecule has 0 N–H and O–H groups in total. The van der Waals surface area contributed by atoms with Gasteiger partial charge in [0.15, 0.2) is 17.3 Å². The SMILES string of the molecule is COc1ccc2c(Oc3ccc(CC(=O)c4c(-c5ccncc5)n(C)n(Cc5ccccc5)c4=O)cc3F)ccnc2c1. The standard InChI is InChI=1S/C34H27FN4O4/c1-38-33(24-12-15-36-16-13-24)32(34(41)39(38)21-22-6-4-3-5-7-22)29(40)19-23-8-11-31(27(35)18-23)43-30-14-17-37-28-20-25(42-2)9-10-26(28)30/h3-18,20H,19,21H2,1-2H3. The Morgan fingerprint density at radius 1 is 0.884 bits per heavy atom. The van der Waals surface area contributed by atoms with Crippen molar-refractivity contribution in [2.24, 2.45) is 7.05 Å². The van der Waals surface area contributed by atoms with Gasteiger partial charge in [-0.3, -0.25) is 24.2 Å². The zero-order valence-corrected chi connectivity index (χ0v) is 23.5. The van der Waals surface area contributed by atoms with Crippen LogP contribution in [0.1, 0.15) is 21.5 Å². The maximum absolute atomic E-state index is 15.3. The fraction of sp³-hybridized carbons (Fsp3) is 0.118. The van der Waals surface area contributed by atoms with Gasteiger partial charge in [0, 0.05) is 49.1 Å². The summed E-state index contributed by atoms with van der Waals surface area (Å²) < 4.78 is 29.7. The van der Waals surface area contributed by atoms with Crippen molar-refractivity contribution in [1.29, 1.82) is 0 Å². The highest BCUT2D eigenvalue weighted by molar-refractivity contribution is 6.02. The number of carbonyl (C=O) groups is 1. The Bertz CT molecular complexity index is 2000. The van der Waals surface area contributed by atoms with Crippen LogP contribution in [0.25, 0.3) is 22.2 Å². The highest BCUT2D eigenvalue weighted by Gasteiger charge is 2.25. The number of ether oxygens (including phenoxy) is 2. The smallest absolute Gasteiger partial charge is 0.278 e. The third-order valence-corrected chi connectivity index (χ3v) is 7.27. The van der Waals surface area contributed by atoms with Crippen LogP contribution in [0.2, 0.25) is 0 Å². The molecule has 0 unspecified atom stereocenters. The number of methoxy groups -OCH3 is 1. The van der Waals surface area contributed by atoms with Gasteiger partial charge in [-0.05, 0) is 53.6 Å². The second-order valence-corrected chi connectivity index (χ2v) is 9.99. The molecular weight excluding hydrogens is 547 g/mol. The number of hydrogen-bond acceptors (Lipinski definition) is 6. The fourth-order valence-corrected chi connectivity index (χ4v) is 5.12. The van der Waals surface area contributed by atoms with E-state index in [4.69, 9.17) is 9.47 Å². The predicted octanol–water partition coefficient (Wildman–Crippen LogP) is 6.21. The van der Waals surface area contributed by atoms with Gasteiger partial charge in [-0.25, -0.2) is 9.07 Å². The largest absolute Gasteiger partial charge is 0.497 e. The third kappa shape index (κ3) is 5.52. The van der Waals surface area contributed by atoms with Crippen molar-refractivity contribution < 1.29 is 18.7 Å². The van der Waals surface area contributed by atoms with Crippen LogP contribution in [0, 0.1) is 5.82 Å². The molecule has 3 aromatic carbocycles. The average Bonchev–Trinajstić information content (AvgIpc) is 3.28. The molecular formula is C34H27FN4O4. The lowest BCUT2D eigenvalue weighted by atomic mass is 10.00. The Kier molecular flexibility index (Phi) is 7.53. The summed E-state index contributed by atoms with van der Waals surface area (Å²) in [5.41, 5.74) is 2.78. The molecule has 0 spiro atoms. The number of fused-ring (bicyclic) bond motifs is 1. The summed E-state index contributed by atoms with van der Waals surface area (Å²) in [6.45, 7) is 0.290. The zero-order valence-electron chi connectivity index (χ0n) is 23.5. The van der Waals surface area contributed by atoms with Gasteiger partial charge < -0.3 is 9.47 Å². The van der Waals surface area contributed by atoms with Crippen LogP contribution >= 0.6 is 0 Å². The highest BCUT2D eigenvalue weighted by Crippen LogP contribution is 2.32. The minimum Gasteiger partial charge on any atom is -0.497 e. The second kappa shape index (κ2) is 11.7. The molecule has 214 valence electrons. The summed E-state index contributed by atoms with van der Waals surface area (Å²) in [6, 6.07) is 24.4. The van der Waals surface area contributed by atoms with E-state index in [-0.39, 0.29) is 17.7 Å². The zero-order chi connectivity index (χ0) is 29.9. The molecule has 9 heteroatoms. The summed E-state index contributed by atoms with van der Waals surface area (Å²) in [4.78, 5) is 35.8. The van der Waals surface area contributed by atoms with Crippen molar-refractivity contribution >= 4 is 16.7 Å². The molecule has 6 aromatic rings. The van der Waals surface area contributed by atoms with E-state index >= 15 is 4.39 Å². The molecule has 0 saturated carbocycles. The van der Waals surface area contributed by atoms with Crippen molar-refractivity contribution in [1.82, 2.24) is 19.3 Å². The fourth-order valence-electron chi connectivity index (χ4n) is 5.12. The van der Waals surface area contributed by atoms with Crippen molar-refractivity contribution in [3.63, 3.8) is 0 Å². The number of halogens is 1. The Hall–Kier alpha value is -5.57. The summed E-state index contributed by atoms with van der Waals surface area (Å²) in [5, 5.41) is 0.696. The third-order valence-electron chi connectivity index (χ3n) is 7.27. The van der Waals surface area contributed by atoms with Gasteiger partial charge in [0.2, 0.25) is 0 Å². The Labute approximate surface area is 246 Å². The first-order valence-corrected chi connectivity index (χ1v) is 13.6. The first-order valence-electron chi connectivity index (χ1n) is 13.6. The van der Waals surface area contributed by atoms with E-state index in [0.717, 1.165) is 5.56 Å². The molecule has 0 fully saturated rings. The summed E-state index contributed by atoms with van der Waals surface area (Å²) in [5.74, 6) is 0.0336. The normalized spacial score (nSPS) is 11.0. The molecule has 0 atom stereocenters. The first kappa shape index (κ1) is 27.6. The number of hydrogen-bond donors (Lipinski definition) is 0. The van der Waals surface area contributed by atoms with E-state index in [9.17, 15) is 9.59 Å². The number of benzene rings is 3. The minimum absolute atomic E-state index is 0.00178. The van der Waals surface area contributed by atoms with E-state index in [2.05, 4.69) is 9.97 Å². The lowest BCUT2D eigenvalue weighted by Crippen LogP contribution is -2.25. The van der Waals surface area contributed by atoms with Gasteiger partial charge in [-0.2, -0.15) is 0 Å². The summed E-state index contributed by atoms with van der Waals surface area (Å²) >= 11 is 0. The first-order chi connectivity index (χ1) is 20.9. The van der Waals surface area contributed by atoms with Crippen molar-refractivity contribution in [3.8, 4) is 28.5 Å². The van der Waals surface area contributed by atoms with Crippen LogP contribution in [-0.4, -0.2) is 32.2 Å². The number of Topliss-reactive ketones (excluding diaryl/α,β-unsaturated/α-hetero) is 1. The van der Waals surface area contributed by atoms with Gasteiger partial charge >= 0.3 is 0 Å². The molecule has 0 aliphatic heterocycles. The summed E-state index contributed by atoms with van der Waals surface area (Å²) in [6.07, 6.45) is 4.63. The molecule has 6 rings (SSSR count). The number of aromatic nitrogens is 4. The maximum Gasteiger partial charge on any atom is 0.278 e. The molecule has 43 heavy (non-hydrogen) atoms. The number of nitrogens with zero attached hydrogens (tertiary/aromatic N) is 4. The van der Waals surface area contributed by atoms with Crippen LogP contribution in [-0.2, 0) is 20.0 Å². The maximum atomic E-state index is 15.3. The van der Waals surface area contributed by atoms with E-state index < -0.39 is 17.2 Å². The van der Waals surface area contributed by atoms with Crippen molar-refractivity contribution in [2.45, 2.75) is 13.0 Å². The van der Waals surface area contributed by atoms with Gasteiger partial charge in [-0.15, -0.1) is 0 Å². The van der Waals surface area contributed by atoms with Crippen LogP contribution in [0.3, 0.4) is 0 Å². The molecule has 8 nitrogen and oxygen atoms in total. The Morgan fingerprint density at radius 2 is 1.67 bits per heavy atom. The quantitative estimate of drug-likeness (QED) is 0.191. The Morgan fingerprint density at radius 3 is 2.42 bits per heavy atom.